The molecule has 3 heteroatoms. The van der Waals surface area contributed by atoms with Gasteiger partial charge in [0.2, 0.25) is 0 Å². The Morgan fingerprint density at radius 3 is 2.58 bits per heavy atom. The summed E-state index contributed by atoms with van der Waals surface area (Å²) in [4.78, 5) is 0. The number of aromatic nitrogens is 2. The summed E-state index contributed by atoms with van der Waals surface area (Å²) in [6.07, 6.45) is 8.71. The minimum Gasteiger partial charge on any atom is -0.382 e. The van der Waals surface area contributed by atoms with Crippen molar-refractivity contribution in [2.45, 2.75) is 45.6 Å². The fraction of sp³-hybridized carbons (Fsp3) is 0.438. The van der Waals surface area contributed by atoms with E-state index in [1.54, 1.807) is 6.20 Å². The van der Waals surface area contributed by atoms with E-state index in [0.29, 0.717) is 6.04 Å². The molecule has 1 aromatic carbocycles. The van der Waals surface area contributed by atoms with Gasteiger partial charge in [-0.1, -0.05) is 26.7 Å². The third-order valence-electron chi connectivity index (χ3n) is 3.41. The van der Waals surface area contributed by atoms with Gasteiger partial charge in [0.15, 0.2) is 0 Å². The molecule has 2 aromatic rings. The van der Waals surface area contributed by atoms with Gasteiger partial charge in [-0.15, -0.1) is 0 Å². The molecule has 1 atom stereocenters. The van der Waals surface area contributed by atoms with Gasteiger partial charge in [0, 0.05) is 24.1 Å². The molecule has 0 spiro atoms. The topological polar surface area (TPSA) is 29.9 Å². The van der Waals surface area contributed by atoms with Crippen molar-refractivity contribution in [2.75, 3.05) is 5.32 Å². The Morgan fingerprint density at radius 2 is 2.00 bits per heavy atom. The number of benzene rings is 1. The van der Waals surface area contributed by atoms with E-state index in [2.05, 4.69) is 48.5 Å². The summed E-state index contributed by atoms with van der Waals surface area (Å²) in [5.41, 5.74) is 2.29. The van der Waals surface area contributed by atoms with Gasteiger partial charge in [0.25, 0.3) is 0 Å². The van der Waals surface area contributed by atoms with Gasteiger partial charge in [0.05, 0.1) is 5.69 Å². The van der Waals surface area contributed by atoms with Crippen LogP contribution in [-0.2, 0) is 0 Å². The van der Waals surface area contributed by atoms with Crippen molar-refractivity contribution in [2.24, 2.45) is 0 Å². The first kappa shape index (κ1) is 13.7. The fourth-order valence-electron chi connectivity index (χ4n) is 2.20. The lowest BCUT2D eigenvalue weighted by atomic mass is 10.1. The van der Waals surface area contributed by atoms with Crippen molar-refractivity contribution in [3.63, 3.8) is 0 Å². The highest BCUT2D eigenvalue weighted by Gasteiger charge is 2.05. The van der Waals surface area contributed by atoms with Crippen molar-refractivity contribution in [1.29, 1.82) is 0 Å². The van der Waals surface area contributed by atoms with E-state index in [4.69, 9.17) is 0 Å². The van der Waals surface area contributed by atoms with Gasteiger partial charge in [-0.2, -0.15) is 5.10 Å². The molecule has 3 nitrogen and oxygen atoms in total. The van der Waals surface area contributed by atoms with Gasteiger partial charge in [-0.25, -0.2) is 4.68 Å². The predicted octanol–water partition coefficient (Wildman–Crippen LogP) is 4.25. The number of unbranched alkanes of at least 4 members (excludes halogenated alkanes) is 1. The zero-order chi connectivity index (χ0) is 13.5. The molecule has 2 rings (SSSR count). The Kier molecular flexibility index (Phi) is 5.01. The molecule has 0 aliphatic carbocycles. The number of anilines is 1. The maximum Gasteiger partial charge on any atom is 0.0647 e. The molecule has 0 aliphatic rings. The molecule has 0 amide bonds. The summed E-state index contributed by atoms with van der Waals surface area (Å²) in [6.45, 7) is 4.48. The van der Waals surface area contributed by atoms with Crippen molar-refractivity contribution in [3.8, 4) is 5.69 Å². The number of rotatable bonds is 7. The summed E-state index contributed by atoms with van der Waals surface area (Å²) < 4.78 is 1.87. The third kappa shape index (κ3) is 3.85. The molecule has 0 aliphatic heterocycles. The third-order valence-corrected chi connectivity index (χ3v) is 3.41. The zero-order valence-corrected chi connectivity index (χ0v) is 11.8. The van der Waals surface area contributed by atoms with Crippen LogP contribution in [0.3, 0.4) is 0 Å². The highest BCUT2D eigenvalue weighted by atomic mass is 15.3. The molecule has 1 heterocycles. The first-order valence-corrected chi connectivity index (χ1v) is 7.20. The standard InChI is InChI=1S/C16H23N3/c1-3-5-7-14(4-2)18-15-8-10-16(11-9-15)19-13-6-12-17-19/h6,8-14,18H,3-5,7H2,1-2H3. The summed E-state index contributed by atoms with van der Waals surface area (Å²) >= 11 is 0. The van der Waals surface area contributed by atoms with Crippen LogP contribution in [0.2, 0.25) is 0 Å². The number of nitrogens with one attached hydrogen (secondary N) is 1. The summed E-state index contributed by atoms with van der Waals surface area (Å²) in [7, 11) is 0. The second-order valence-electron chi connectivity index (χ2n) is 4.89. The van der Waals surface area contributed by atoms with E-state index in [0.717, 1.165) is 5.69 Å². The van der Waals surface area contributed by atoms with E-state index in [1.807, 2.05) is 16.9 Å². The molecule has 1 aromatic heterocycles. The van der Waals surface area contributed by atoms with Crippen LogP contribution in [0.4, 0.5) is 5.69 Å². The number of hydrogen-bond donors (Lipinski definition) is 1. The van der Waals surface area contributed by atoms with Gasteiger partial charge < -0.3 is 5.32 Å². The monoisotopic (exact) mass is 257 g/mol. The van der Waals surface area contributed by atoms with E-state index < -0.39 is 0 Å². The van der Waals surface area contributed by atoms with Crippen molar-refractivity contribution < 1.29 is 0 Å². The highest BCUT2D eigenvalue weighted by molar-refractivity contribution is 5.49. The largest absolute Gasteiger partial charge is 0.382 e. The van der Waals surface area contributed by atoms with Gasteiger partial charge in [0.1, 0.15) is 0 Å². The lowest BCUT2D eigenvalue weighted by molar-refractivity contribution is 0.593. The molecule has 0 saturated carbocycles. The second kappa shape index (κ2) is 6.98. The van der Waals surface area contributed by atoms with Gasteiger partial charge in [-0.3, -0.25) is 0 Å². The van der Waals surface area contributed by atoms with Crippen LogP contribution in [0, 0.1) is 0 Å². The molecule has 0 bridgehead atoms. The molecule has 19 heavy (non-hydrogen) atoms. The zero-order valence-electron chi connectivity index (χ0n) is 11.8. The van der Waals surface area contributed by atoms with Gasteiger partial charge in [-0.05, 0) is 43.2 Å². The molecular formula is C16H23N3. The quantitative estimate of drug-likeness (QED) is 0.803. The molecule has 102 valence electrons. The van der Waals surface area contributed by atoms with Gasteiger partial charge >= 0.3 is 0 Å². The van der Waals surface area contributed by atoms with E-state index in [1.165, 1.54) is 31.4 Å². The highest BCUT2D eigenvalue weighted by Crippen LogP contribution is 2.16. The SMILES string of the molecule is CCCCC(CC)Nc1ccc(-n2cccn2)cc1. The summed E-state index contributed by atoms with van der Waals surface area (Å²) in [5, 5.41) is 7.84. The first-order valence-electron chi connectivity index (χ1n) is 7.20. The smallest absolute Gasteiger partial charge is 0.0647 e. The molecule has 0 fully saturated rings. The second-order valence-corrected chi connectivity index (χ2v) is 4.89. The number of nitrogens with zero attached hydrogens (tertiary/aromatic N) is 2. The molecular weight excluding hydrogens is 234 g/mol. The summed E-state index contributed by atoms with van der Waals surface area (Å²) in [6, 6.07) is 11.0. The Hall–Kier alpha value is -1.77. The van der Waals surface area contributed by atoms with Crippen LogP contribution in [0.25, 0.3) is 5.69 Å². The van der Waals surface area contributed by atoms with Crippen LogP contribution in [0.5, 0.6) is 0 Å². The minimum absolute atomic E-state index is 0.579. The maximum atomic E-state index is 4.23. The van der Waals surface area contributed by atoms with Crippen molar-refractivity contribution in [1.82, 2.24) is 9.78 Å². The summed E-state index contributed by atoms with van der Waals surface area (Å²) in [5.74, 6) is 0. The Morgan fingerprint density at radius 1 is 1.21 bits per heavy atom. The first-order chi connectivity index (χ1) is 9.33. The average Bonchev–Trinajstić information content (AvgIpc) is 2.98. The van der Waals surface area contributed by atoms with Crippen LogP contribution >= 0.6 is 0 Å². The number of hydrogen-bond acceptors (Lipinski definition) is 2. The normalized spacial score (nSPS) is 12.3. The maximum absolute atomic E-state index is 4.23. The van der Waals surface area contributed by atoms with Crippen LogP contribution in [-0.4, -0.2) is 15.8 Å². The lowest BCUT2D eigenvalue weighted by Crippen LogP contribution is -2.18. The fourth-order valence-corrected chi connectivity index (χ4v) is 2.20. The molecule has 0 radical (unpaired) electrons. The van der Waals surface area contributed by atoms with E-state index in [-0.39, 0.29) is 0 Å². The lowest BCUT2D eigenvalue weighted by Gasteiger charge is -2.18. The molecule has 1 N–H and O–H groups in total. The average molecular weight is 257 g/mol. The minimum atomic E-state index is 0.579. The van der Waals surface area contributed by atoms with Crippen LogP contribution in [0.1, 0.15) is 39.5 Å². The molecule has 1 unspecified atom stereocenters. The predicted molar refractivity (Wildman–Crippen MR) is 80.8 cm³/mol. The van der Waals surface area contributed by atoms with Crippen molar-refractivity contribution in [3.05, 3.63) is 42.7 Å². The molecule has 0 saturated heterocycles. The van der Waals surface area contributed by atoms with Crippen molar-refractivity contribution >= 4 is 5.69 Å². The van der Waals surface area contributed by atoms with E-state index >= 15 is 0 Å². The van der Waals surface area contributed by atoms with Crippen LogP contribution in [0.15, 0.2) is 42.7 Å². The van der Waals surface area contributed by atoms with Crippen LogP contribution < -0.4 is 5.32 Å². The Balaban J connectivity index is 1.98. The Labute approximate surface area is 115 Å². The van der Waals surface area contributed by atoms with E-state index in [9.17, 15) is 0 Å². The Bertz CT molecular complexity index is 459.